The molecule has 0 aromatic heterocycles. The third-order valence-corrected chi connectivity index (χ3v) is 1.40. The normalized spacial score (nSPS) is 10.6. The summed E-state index contributed by atoms with van der Waals surface area (Å²) in [5.41, 5.74) is 1.10. The van der Waals surface area contributed by atoms with E-state index in [1.54, 1.807) is 0 Å². The molecule has 1 N–H and O–H groups in total. The Kier molecular flexibility index (Phi) is 5.04. The zero-order valence-electron chi connectivity index (χ0n) is 8.09. The van der Waals surface area contributed by atoms with E-state index < -0.39 is 11.3 Å². The number of nitriles is 1. The zero-order valence-corrected chi connectivity index (χ0v) is 8.09. The Morgan fingerprint density at radius 1 is 1.54 bits per heavy atom. The molecule has 0 radical (unpaired) electrons. The lowest BCUT2D eigenvalue weighted by molar-refractivity contribution is -0.140. The number of hydrogen-bond acceptors (Lipinski definition) is 4. The predicted octanol–water partition coefficient (Wildman–Crippen LogP) is 0.230. The molecule has 0 fully saturated rings. The van der Waals surface area contributed by atoms with E-state index in [4.69, 9.17) is 14.8 Å². The Labute approximate surface area is 77.6 Å². The Bertz CT molecular complexity index is 208. The molecule has 0 rings (SSSR count). The van der Waals surface area contributed by atoms with Crippen molar-refractivity contribution in [2.75, 3.05) is 20.3 Å². The average molecular weight is 186 g/mol. The zero-order chi connectivity index (χ0) is 10.3. The first kappa shape index (κ1) is 11.9. The molecule has 0 aliphatic carbocycles. The topological polar surface area (TPSA) is 71.3 Å². The summed E-state index contributed by atoms with van der Waals surface area (Å²) in [6, 6.07) is 1.86. The molecule has 0 bridgehead atoms. The highest BCUT2D eigenvalue weighted by atomic mass is 16.7. The first-order valence-electron chi connectivity index (χ1n) is 3.87. The molecule has 5 heteroatoms. The second kappa shape index (κ2) is 5.51. The molecule has 0 spiro atoms. The minimum atomic E-state index is -1.06. The first-order valence-corrected chi connectivity index (χ1v) is 3.87. The SMILES string of the molecule is COCCONC(=O)C(C)(C)C#N. The number of methoxy groups -OCH3 is 1. The quantitative estimate of drug-likeness (QED) is 0.493. The van der Waals surface area contributed by atoms with Crippen molar-refractivity contribution in [2.24, 2.45) is 5.41 Å². The molecule has 0 heterocycles. The predicted molar refractivity (Wildman–Crippen MR) is 45.4 cm³/mol. The maximum Gasteiger partial charge on any atom is 0.263 e. The molecule has 0 aromatic carbocycles. The van der Waals surface area contributed by atoms with Crippen molar-refractivity contribution in [2.45, 2.75) is 13.8 Å². The number of carbonyl (C=O) groups excluding carboxylic acids is 1. The summed E-state index contributed by atoms with van der Waals surface area (Å²) >= 11 is 0. The van der Waals surface area contributed by atoms with E-state index in [9.17, 15) is 4.79 Å². The average Bonchev–Trinajstić information content (AvgIpc) is 2.12. The highest BCUT2D eigenvalue weighted by Gasteiger charge is 2.27. The van der Waals surface area contributed by atoms with Crippen LogP contribution >= 0.6 is 0 Å². The summed E-state index contributed by atoms with van der Waals surface area (Å²) in [6.45, 7) is 3.70. The largest absolute Gasteiger partial charge is 0.382 e. The molecule has 0 aromatic rings. The van der Waals surface area contributed by atoms with Gasteiger partial charge in [-0.05, 0) is 13.8 Å². The summed E-state index contributed by atoms with van der Waals surface area (Å²) < 4.78 is 4.69. The number of ether oxygens (including phenoxy) is 1. The summed E-state index contributed by atoms with van der Waals surface area (Å²) in [5.74, 6) is -0.453. The monoisotopic (exact) mass is 186 g/mol. The van der Waals surface area contributed by atoms with Gasteiger partial charge in [0.15, 0.2) is 0 Å². The maximum atomic E-state index is 11.2. The van der Waals surface area contributed by atoms with Crippen molar-refractivity contribution in [3.63, 3.8) is 0 Å². The number of nitrogens with zero attached hydrogens (tertiary/aromatic N) is 1. The Balaban J connectivity index is 3.70. The number of hydrogen-bond donors (Lipinski definition) is 1. The fourth-order valence-corrected chi connectivity index (χ4v) is 0.420. The summed E-state index contributed by atoms with van der Waals surface area (Å²) in [5, 5.41) is 8.58. The summed E-state index contributed by atoms with van der Waals surface area (Å²) in [4.78, 5) is 15.9. The Hall–Kier alpha value is -1.12. The van der Waals surface area contributed by atoms with E-state index in [2.05, 4.69) is 5.48 Å². The van der Waals surface area contributed by atoms with Crippen LogP contribution in [0, 0.1) is 16.7 Å². The molecule has 74 valence electrons. The van der Waals surface area contributed by atoms with Gasteiger partial charge in [0.1, 0.15) is 5.41 Å². The van der Waals surface area contributed by atoms with Gasteiger partial charge in [-0.2, -0.15) is 5.26 Å². The van der Waals surface area contributed by atoms with Crippen LogP contribution in [0.2, 0.25) is 0 Å². The van der Waals surface area contributed by atoms with Crippen LogP contribution in [0.3, 0.4) is 0 Å². The minimum Gasteiger partial charge on any atom is -0.382 e. The maximum absolute atomic E-state index is 11.2. The van der Waals surface area contributed by atoms with Gasteiger partial charge in [-0.15, -0.1) is 0 Å². The van der Waals surface area contributed by atoms with Crippen LogP contribution in [0.5, 0.6) is 0 Å². The lowest BCUT2D eigenvalue weighted by Gasteiger charge is -2.14. The van der Waals surface area contributed by atoms with Crippen LogP contribution in [0.4, 0.5) is 0 Å². The molecule has 1 amide bonds. The van der Waals surface area contributed by atoms with Crippen LogP contribution in [-0.2, 0) is 14.4 Å². The summed E-state index contributed by atoms with van der Waals surface area (Å²) in [7, 11) is 1.53. The molecular weight excluding hydrogens is 172 g/mol. The Morgan fingerprint density at radius 3 is 2.62 bits per heavy atom. The smallest absolute Gasteiger partial charge is 0.263 e. The first-order chi connectivity index (χ1) is 6.04. The van der Waals surface area contributed by atoms with E-state index in [-0.39, 0.29) is 6.61 Å². The number of amides is 1. The lowest BCUT2D eigenvalue weighted by atomic mass is 9.95. The molecule has 0 saturated heterocycles. The molecule has 0 aliphatic heterocycles. The van der Waals surface area contributed by atoms with Gasteiger partial charge in [-0.25, -0.2) is 5.48 Å². The molecule has 0 unspecified atom stereocenters. The van der Waals surface area contributed by atoms with Crippen molar-refractivity contribution in [3.05, 3.63) is 0 Å². The number of nitrogens with one attached hydrogen (secondary N) is 1. The fraction of sp³-hybridized carbons (Fsp3) is 0.750. The summed E-state index contributed by atoms with van der Waals surface area (Å²) in [6.07, 6.45) is 0. The van der Waals surface area contributed by atoms with E-state index in [0.717, 1.165) is 0 Å². The van der Waals surface area contributed by atoms with Gasteiger partial charge in [-0.1, -0.05) is 0 Å². The van der Waals surface area contributed by atoms with Crippen LogP contribution in [0.15, 0.2) is 0 Å². The van der Waals surface area contributed by atoms with Gasteiger partial charge in [0.25, 0.3) is 5.91 Å². The van der Waals surface area contributed by atoms with E-state index in [1.165, 1.54) is 21.0 Å². The molecule has 0 saturated carbocycles. The van der Waals surface area contributed by atoms with Gasteiger partial charge in [0.2, 0.25) is 0 Å². The molecule has 13 heavy (non-hydrogen) atoms. The lowest BCUT2D eigenvalue weighted by Crippen LogP contribution is -2.36. The van der Waals surface area contributed by atoms with Gasteiger partial charge in [-0.3, -0.25) is 9.63 Å². The highest BCUT2D eigenvalue weighted by molar-refractivity contribution is 5.83. The van der Waals surface area contributed by atoms with E-state index in [0.29, 0.717) is 6.61 Å². The fourth-order valence-electron chi connectivity index (χ4n) is 0.420. The van der Waals surface area contributed by atoms with Crippen molar-refractivity contribution < 1.29 is 14.4 Å². The highest BCUT2D eigenvalue weighted by Crippen LogP contribution is 2.12. The van der Waals surface area contributed by atoms with Crippen molar-refractivity contribution in [1.29, 1.82) is 5.26 Å². The standard InChI is InChI=1S/C8H14N2O3/c1-8(2,6-9)7(11)10-13-5-4-12-3/h4-5H2,1-3H3,(H,10,11). The second-order valence-corrected chi connectivity index (χ2v) is 3.01. The van der Waals surface area contributed by atoms with E-state index in [1.807, 2.05) is 6.07 Å². The minimum absolute atomic E-state index is 0.268. The van der Waals surface area contributed by atoms with Crippen LogP contribution < -0.4 is 5.48 Å². The molecule has 0 aliphatic rings. The number of carbonyl (C=O) groups is 1. The van der Waals surface area contributed by atoms with Gasteiger partial charge < -0.3 is 4.74 Å². The van der Waals surface area contributed by atoms with Crippen molar-refractivity contribution in [3.8, 4) is 6.07 Å². The van der Waals surface area contributed by atoms with Crippen LogP contribution in [0.1, 0.15) is 13.8 Å². The third-order valence-electron chi connectivity index (χ3n) is 1.40. The molecular formula is C8H14N2O3. The van der Waals surface area contributed by atoms with Crippen LogP contribution in [0.25, 0.3) is 0 Å². The Morgan fingerprint density at radius 2 is 2.15 bits per heavy atom. The third kappa shape index (κ3) is 4.45. The molecule has 5 nitrogen and oxygen atoms in total. The van der Waals surface area contributed by atoms with Crippen molar-refractivity contribution >= 4 is 5.91 Å². The second-order valence-electron chi connectivity index (χ2n) is 3.01. The van der Waals surface area contributed by atoms with E-state index >= 15 is 0 Å². The van der Waals surface area contributed by atoms with Crippen molar-refractivity contribution in [1.82, 2.24) is 5.48 Å². The van der Waals surface area contributed by atoms with Gasteiger partial charge in [0, 0.05) is 7.11 Å². The number of rotatable bonds is 5. The molecule has 0 atom stereocenters. The van der Waals surface area contributed by atoms with Gasteiger partial charge in [0.05, 0.1) is 19.3 Å². The number of hydroxylamine groups is 1. The van der Waals surface area contributed by atoms with Gasteiger partial charge >= 0.3 is 0 Å². The van der Waals surface area contributed by atoms with Crippen LogP contribution in [-0.4, -0.2) is 26.2 Å².